The van der Waals surface area contributed by atoms with Crippen molar-refractivity contribution in [3.8, 4) is 5.88 Å². The first-order chi connectivity index (χ1) is 7.90. The molecular weight excluding hydrogens is 255 g/mol. The monoisotopic (exact) mass is 263 g/mol. The molecule has 17 heavy (non-hydrogen) atoms. The number of nitrogens with one attached hydrogen (secondary N) is 1. The quantitative estimate of drug-likeness (QED) is 0.847. The SMILES string of the molecule is COc1ccc2[nH]c(=S)n(CC(F)(F)F)c2n1. The van der Waals surface area contributed by atoms with Crippen LogP contribution in [0.5, 0.6) is 5.88 Å². The number of methoxy groups -OCH3 is 1. The predicted molar refractivity (Wildman–Crippen MR) is 57.5 cm³/mol. The number of H-pyrrole nitrogens is 1. The Morgan fingerprint density at radius 2 is 2.18 bits per heavy atom. The lowest BCUT2D eigenvalue weighted by atomic mass is 10.4. The van der Waals surface area contributed by atoms with Crippen LogP contribution in [-0.4, -0.2) is 27.8 Å². The molecule has 0 bridgehead atoms. The number of pyridine rings is 1. The summed E-state index contributed by atoms with van der Waals surface area (Å²) >= 11 is 4.83. The molecule has 0 saturated heterocycles. The Morgan fingerprint density at radius 3 is 2.76 bits per heavy atom. The molecule has 2 aromatic heterocycles. The number of aromatic amines is 1. The summed E-state index contributed by atoms with van der Waals surface area (Å²) in [7, 11) is 1.39. The Morgan fingerprint density at radius 1 is 1.47 bits per heavy atom. The highest BCUT2D eigenvalue weighted by Gasteiger charge is 2.29. The van der Waals surface area contributed by atoms with Gasteiger partial charge in [0.15, 0.2) is 10.4 Å². The summed E-state index contributed by atoms with van der Waals surface area (Å²) in [6.45, 7) is -1.17. The van der Waals surface area contributed by atoms with Crippen molar-refractivity contribution in [2.24, 2.45) is 0 Å². The summed E-state index contributed by atoms with van der Waals surface area (Å²) in [5, 5.41) is 0. The van der Waals surface area contributed by atoms with Crippen LogP contribution in [0.3, 0.4) is 0 Å². The van der Waals surface area contributed by atoms with Crippen LogP contribution in [0, 0.1) is 4.77 Å². The molecule has 0 spiro atoms. The second kappa shape index (κ2) is 4.02. The normalized spacial score (nSPS) is 12.0. The second-order valence-corrected chi connectivity index (χ2v) is 3.74. The average Bonchev–Trinajstić information content (AvgIpc) is 2.53. The summed E-state index contributed by atoms with van der Waals surface area (Å²) < 4.78 is 42.9. The minimum absolute atomic E-state index is 0.0157. The van der Waals surface area contributed by atoms with Gasteiger partial charge in [-0.2, -0.15) is 18.2 Å². The maximum absolute atomic E-state index is 12.4. The molecule has 0 aliphatic carbocycles. The van der Waals surface area contributed by atoms with E-state index < -0.39 is 12.7 Å². The number of hydrogen-bond acceptors (Lipinski definition) is 3. The van der Waals surface area contributed by atoms with Crippen molar-refractivity contribution < 1.29 is 17.9 Å². The Hall–Kier alpha value is -1.57. The fraction of sp³-hybridized carbons (Fsp3) is 0.333. The Labute approximate surface area is 99.0 Å². The number of hydrogen-bond donors (Lipinski definition) is 1. The summed E-state index contributed by atoms with van der Waals surface area (Å²) in [6.07, 6.45) is -4.35. The van der Waals surface area contributed by atoms with Crippen molar-refractivity contribution in [2.75, 3.05) is 7.11 Å². The molecule has 1 N–H and O–H groups in total. The molecule has 0 unspecified atom stereocenters. The lowest BCUT2D eigenvalue weighted by molar-refractivity contribution is -0.140. The molecule has 2 aromatic rings. The van der Waals surface area contributed by atoms with Gasteiger partial charge in [-0.15, -0.1) is 0 Å². The van der Waals surface area contributed by atoms with E-state index in [2.05, 4.69) is 9.97 Å². The topological polar surface area (TPSA) is 42.8 Å². The highest BCUT2D eigenvalue weighted by molar-refractivity contribution is 7.71. The summed E-state index contributed by atoms with van der Waals surface area (Å²) in [5.41, 5.74) is 0.576. The van der Waals surface area contributed by atoms with Gasteiger partial charge in [0, 0.05) is 6.07 Å². The molecule has 4 nitrogen and oxygen atoms in total. The molecule has 0 amide bonds. The van der Waals surface area contributed by atoms with Crippen molar-refractivity contribution >= 4 is 23.4 Å². The van der Waals surface area contributed by atoms with Crippen LogP contribution >= 0.6 is 12.2 Å². The lowest BCUT2D eigenvalue weighted by Crippen LogP contribution is -2.18. The van der Waals surface area contributed by atoms with Crippen LogP contribution in [0.15, 0.2) is 12.1 Å². The third-order valence-corrected chi connectivity index (χ3v) is 2.46. The lowest BCUT2D eigenvalue weighted by Gasteiger charge is -2.07. The van der Waals surface area contributed by atoms with E-state index in [9.17, 15) is 13.2 Å². The van der Waals surface area contributed by atoms with Gasteiger partial charge < -0.3 is 9.72 Å². The van der Waals surface area contributed by atoms with Gasteiger partial charge in [-0.1, -0.05) is 0 Å². The van der Waals surface area contributed by atoms with Gasteiger partial charge in [0.05, 0.1) is 12.6 Å². The molecule has 0 atom stereocenters. The zero-order valence-electron chi connectivity index (χ0n) is 8.71. The fourth-order valence-electron chi connectivity index (χ4n) is 1.45. The molecular formula is C9H8F3N3OS. The zero-order valence-corrected chi connectivity index (χ0v) is 9.52. The third-order valence-electron chi connectivity index (χ3n) is 2.14. The minimum Gasteiger partial charge on any atom is -0.481 e. The number of nitrogens with zero attached hydrogens (tertiary/aromatic N) is 2. The standard InChI is InChI=1S/C9H8F3N3OS/c1-16-6-3-2-5-7(14-6)15(8(17)13-5)4-9(10,11)12/h2-3H,4H2,1H3,(H,13,17). The van der Waals surface area contributed by atoms with Crippen molar-refractivity contribution in [3.63, 3.8) is 0 Å². The highest BCUT2D eigenvalue weighted by Crippen LogP contribution is 2.22. The Balaban J connectivity index is 2.60. The van der Waals surface area contributed by atoms with E-state index in [-0.39, 0.29) is 16.3 Å². The molecule has 0 saturated carbocycles. The number of halogens is 3. The van der Waals surface area contributed by atoms with E-state index in [0.717, 1.165) is 4.57 Å². The first-order valence-corrected chi connectivity index (χ1v) is 5.02. The summed E-state index contributed by atoms with van der Waals surface area (Å²) in [5.74, 6) is 0.238. The highest BCUT2D eigenvalue weighted by atomic mass is 32.1. The van der Waals surface area contributed by atoms with Crippen LogP contribution in [-0.2, 0) is 6.54 Å². The molecule has 0 radical (unpaired) electrons. The van der Waals surface area contributed by atoms with Gasteiger partial charge >= 0.3 is 6.18 Å². The van der Waals surface area contributed by atoms with Crippen LogP contribution in [0.25, 0.3) is 11.2 Å². The van der Waals surface area contributed by atoms with E-state index in [1.807, 2.05) is 0 Å². The second-order valence-electron chi connectivity index (χ2n) is 3.36. The van der Waals surface area contributed by atoms with Gasteiger partial charge in [0.2, 0.25) is 5.88 Å². The number of ether oxygens (including phenoxy) is 1. The van der Waals surface area contributed by atoms with E-state index in [4.69, 9.17) is 17.0 Å². The summed E-state index contributed by atoms with van der Waals surface area (Å²) in [4.78, 5) is 6.60. The molecule has 0 fully saturated rings. The van der Waals surface area contributed by atoms with Crippen LogP contribution in [0.2, 0.25) is 0 Å². The van der Waals surface area contributed by atoms with E-state index >= 15 is 0 Å². The molecule has 2 heterocycles. The van der Waals surface area contributed by atoms with Crippen molar-refractivity contribution in [2.45, 2.75) is 12.7 Å². The number of alkyl halides is 3. The van der Waals surface area contributed by atoms with E-state index in [1.54, 1.807) is 12.1 Å². The van der Waals surface area contributed by atoms with Crippen molar-refractivity contribution in [1.29, 1.82) is 0 Å². The predicted octanol–water partition coefficient (Wildman–Crippen LogP) is 2.66. The number of aromatic nitrogens is 3. The van der Waals surface area contributed by atoms with Crippen LogP contribution in [0.4, 0.5) is 13.2 Å². The van der Waals surface area contributed by atoms with Gasteiger partial charge in [-0.25, -0.2) is 0 Å². The smallest absolute Gasteiger partial charge is 0.406 e. The van der Waals surface area contributed by atoms with E-state index in [1.165, 1.54) is 7.11 Å². The van der Waals surface area contributed by atoms with Gasteiger partial charge in [-0.05, 0) is 18.3 Å². The first kappa shape index (κ1) is 11.9. The number of fused-ring (bicyclic) bond motifs is 1. The average molecular weight is 263 g/mol. The summed E-state index contributed by atoms with van der Waals surface area (Å²) in [6, 6.07) is 3.12. The molecule has 92 valence electrons. The zero-order chi connectivity index (χ0) is 12.6. The maximum Gasteiger partial charge on any atom is 0.406 e. The van der Waals surface area contributed by atoms with Gasteiger partial charge in [0.1, 0.15) is 6.54 Å². The number of rotatable bonds is 2. The molecule has 0 aromatic carbocycles. The van der Waals surface area contributed by atoms with E-state index in [0.29, 0.717) is 5.52 Å². The van der Waals surface area contributed by atoms with Gasteiger partial charge in [0.25, 0.3) is 0 Å². The maximum atomic E-state index is 12.4. The molecule has 8 heteroatoms. The van der Waals surface area contributed by atoms with Crippen molar-refractivity contribution in [1.82, 2.24) is 14.5 Å². The molecule has 0 aliphatic rings. The Kier molecular flexibility index (Phi) is 2.82. The molecule has 0 aliphatic heterocycles. The number of imidazole rings is 1. The van der Waals surface area contributed by atoms with Crippen LogP contribution < -0.4 is 4.74 Å². The fourth-order valence-corrected chi connectivity index (χ4v) is 1.71. The first-order valence-electron chi connectivity index (χ1n) is 4.61. The van der Waals surface area contributed by atoms with Gasteiger partial charge in [-0.3, -0.25) is 4.57 Å². The van der Waals surface area contributed by atoms with Crippen LogP contribution in [0.1, 0.15) is 0 Å². The van der Waals surface area contributed by atoms with Crippen molar-refractivity contribution in [3.05, 3.63) is 16.9 Å². The largest absolute Gasteiger partial charge is 0.481 e. The molecule has 2 rings (SSSR count). The minimum atomic E-state index is -4.35. The third kappa shape index (κ3) is 2.41. The Bertz CT molecular complexity index is 602.